The molecule has 2 nitrogen and oxygen atoms in total. The molecule has 11 heavy (non-hydrogen) atoms. The number of allylic oxidation sites excluding steroid dienone is 4. The Kier molecular flexibility index (Phi) is 1.39. The normalized spacial score (nSPS) is 20.9. The molecule has 0 atom stereocenters. The molecule has 0 fully saturated rings. The molecule has 0 amide bonds. The zero-order valence-corrected chi connectivity index (χ0v) is 6.04. The maximum absolute atomic E-state index is 10.5. The number of carbonyl (C=O) groups excluding carboxylic acids is 1. The fraction of sp³-hybridized carbons (Fsp3) is 0.222. The fourth-order valence-corrected chi connectivity index (χ4v) is 1.43. The highest BCUT2D eigenvalue weighted by molar-refractivity contribution is 5.79. The van der Waals surface area contributed by atoms with Gasteiger partial charge in [-0.25, -0.2) is 0 Å². The van der Waals surface area contributed by atoms with Gasteiger partial charge in [-0.2, -0.15) is 0 Å². The molecule has 1 aliphatic carbocycles. The lowest BCUT2D eigenvalue weighted by Gasteiger charge is -2.04. The van der Waals surface area contributed by atoms with E-state index < -0.39 is 0 Å². The minimum absolute atomic E-state index is 0.859. The van der Waals surface area contributed by atoms with Crippen molar-refractivity contribution < 1.29 is 9.53 Å². The van der Waals surface area contributed by atoms with Gasteiger partial charge in [0.15, 0.2) is 0 Å². The lowest BCUT2D eigenvalue weighted by molar-refractivity contribution is -0.105. The molecule has 2 heteroatoms. The first-order valence-corrected chi connectivity index (χ1v) is 3.61. The molecule has 0 radical (unpaired) electrons. The van der Waals surface area contributed by atoms with Gasteiger partial charge in [-0.05, 0) is 35.6 Å². The van der Waals surface area contributed by atoms with Crippen molar-refractivity contribution in [2.24, 2.45) is 0 Å². The van der Waals surface area contributed by atoms with Gasteiger partial charge in [0, 0.05) is 0 Å². The third kappa shape index (κ3) is 0.909. The number of hydrogen-bond donors (Lipinski definition) is 0. The van der Waals surface area contributed by atoms with E-state index in [9.17, 15) is 4.79 Å². The van der Waals surface area contributed by atoms with Crippen molar-refractivity contribution in [3.63, 3.8) is 0 Å². The van der Waals surface area contributed by atoms with Crippen molar-refractivity contribution >= 4 is 6.29 Å². The van der Waals surface area contributed by atoms with Gasteiger partial charge >= 0.3 is 0 Å². The van der Waals surface area contributed by atoms with Crippen LogP contribution in [-0.2, 0) is 9.53 Å². The van der Waals surface area contributed by atoms with Crippen molar-refractivity contribution in [3.05, 3.63) is 35.3 Å². The Labute approximate surface area is 64.9 Å². The van der Waals surface area contributed by atoms with Crippen LogP contribution in [-0.4, -0.2) is 6.29 Å². The Hall–Kier alpha value is -1.31. The van der Waals surface area contributed by atoms with Crippen LogP contribution in [0.1, 0.15) is 12.8 Å². The maximum Gasteiger partial charge on any atom is 0.146 e. The molecule has 0 unspecified atom stereocenters. The second kappa shape index (κ2) is 2.38. The summed E-state index contributed by atoms with van der Waals surface area (Å²) in [5.41, 5.74) is 3.11. The van der Waals surface area contributed by atoms with Crippen LogP contribution in [0.15, 0.2) is 35.3 Å². The number of aldehydes is 1. The van der Waals surface area contributed by atoms with E-state index in [0.717, 1.165) is 35.8 Å². The molecular formula is C9H8O2. The summed E-state index contributed by atoms with van der Waals surface area (Å²) in [4.78, 5) is 10.5. The Morgan fingerprint density at radius 2 is 2.36 bits per heavy atom. The van der Waals surface area contributed by atoms with Crippen molar-refractivity contribution in [1.82, 2.24) is 0 Å². The number of carbonyl (C=O) groups is 1. The molecule has 1 aliphatic heterocycles. The number of rotatable bonds is 1. The minimum atomic E-state index is 0.859. The molecule has 2 aliphatic rings. The summed E-state index contributed by atoms with van der Waals surface area (Å²) in [6, 6.07) is 0. The van der Waals surface area contributed by atoms with Gasteiger partial charge in [-0.3, -0.25) is 4.79 Å². The van der Waals surface area contributed by atoms with E-state index >= 15 is 0 Å². The SMILES string of the molecule is O=CC1=C2C=COC=C2CC1. The molecule has 0 saturated heterocycles. The smallest absolute Gasteiger partial charge is 0.146 e. The predicted octanol–water partition coefficient (Wildman–Crippen LogP) is 1.70. The van der Waals surface area contributed by atoms with Gasteiger partial charge in [0.25, 0.3) is 0 Å². The molecule has 0 spiro atoms. The molecule has 56 valence electrons. The van der Waals surface area contributed by atoms with Gasteiger partial charge in [0.2, 0.25) is 0 Å². The van der Waals surface area contributed by atoms with Gasteiger partial charge in [-0.15, -0.1) is 0 Å². The van der Waals surface area contributed by atoms with E-state index in [1.54, 1.807) is 12.5 Å². The highest BCUT2D eigenvalue weighted by atomic mass is 16.5. The number of ether oxygens (including phenoxy) is 1. The number of hydrogen-bond acceptors (Lipinski definition) is 2. The van der Waals surface area contributed by atoms with E-state index in [-0.39, 0.29) is 0 Å². The molecule has 1 heterocycles. The van der Waals surface area contributed by atoms with Crippen molar-refractivity contribution in [2.45, 2.75) is 12.8 Å². The molecule has 0 aromatic carbocycles. The fourth-order valence-electron chi connectivity index (χ4n) is 1.43. The van der Waals surface area contributed by atoms with Crippen molar-refractivity contribution in [1.29, 1.82) is 0 Å². The maximum atomic E-state index is 10.5. The van der Waals surface area contributed by atoms with Crippen molar-refractivity contribution in [3.8, 4) is 0 Å². The summed E-state index contributed by atoms with van der Waals surface area (Å²) in [6.07, 6.45) is 7.91. The summed E-state index contributed by atoms with van der Waals surface area (Å²) in [5, 5.41) is 0. The van der Waals surface area contributed by atoms with Crippen LogP contribution in [0.3, 0.4) is 0 Å². The molecule has 0 N–H and O–H groups in total. The van der Waals surface area contributed by atoms with E-state index in [2.05, 4.69) is 0 Å². The summed E-state index contributed by atoms with van der Waals surface area (Å²) in [5.74, 6) is 0. The largest absolute Gasteiger partial charge is 0.472 e. The van der Waals surface area contributed by atoms with Gasteiger partial charge in [0.1, 0.15) is 6.29 Å². The van der Waals surface area contributed by atoms with Crippen LogP contribution in [0.25, 0.3) is 0 Å². The van der Waals surface area contributed by atoms with Crippen LogP contribution in [0.5, 0.6) is 0 Å². The van der Waals surface area contributed by atoms with E-state index in [1.165, 1.54) is 0 Å². The zero-order valence-electron chi connectivity index (χ0n) is 6.04. The first-order valence-electron chi connectivity index (χ1n) is 3.61. The van der Waals surface area contributed by atoms with E-state index in [1.807, 2.05) is 6.08 Å². The quantitative estimate of drug-likeness (QED) is 0.529. The summed E-state index contributed by atoms with van der Waals surface area (Å²) in [7, 11) is 0. The lowest BCUT2D eigenvalue weighted by Crippen LogP contribution is -1.88. The van der Waals surface area contributed by atoms with E-state index in [0.29, 0.717) is 0 Å². The monoisotopic (exact) mass is 148 g/mol. The minimum Gasteiger partial charge on any atom is -0.472 e. The first kappa shape index (κ1) is 6.40. The first-order chi connectivity index (χ1) is 5.42. The third-order valence-corrected chi connectivity index (χ3v) is 2.02. The lowest BCUT2D eigenvalue weighted by atomic mass is 10.1. The summed E-state index contributed by atoms with van der Waals surface area (Å²) >= 11 is 0. The van der Waals surface area contributed by atoms with Crippen LogP contribution in [0.4, 0.5) is 0 Å². The van der Waals surface area contributed by atoms with Crippen LogP contribution >= 0.6 is 0 Å². The summed E-state index contributed by atoms with van der Waals surface area (Å²) in [6.45, 7) is 0. The van der Waals surface area contributed by atoms with Crippen LogP contribution in [0, 0.1) is 0 Å². The van der Waals surface area contributed by atoms with Crippen LogP contribution in [0.2, 0.25) is 0 Å². The van der Waals surface area contributed by atoms with E-state index in [4.69, 9.17) is 4.74 Å². The average Bonchev–Trinajstić information content (AvgIpc) is 2.47. The highest BCUT2D eigenvalue weighted by Crippen LogP contribution is 2.32. The summed E-state index contributed by atoms with van der Waals surface area (Å²) < 4.78 is 4.98. The number of fused-ring (bicyclic) bond motifs is 1. The Morgan fingerprint density at radius 3 is 3.18 bits per heavy atom. The zero-order chi connectivity index (χ0) is 7.68. The Bertz CT molecular complexity index is 282. The molecule has 0 aromatic heterocycles. The second-order valence-electron chi connectivity index (χ2n) is 2.64. The van der Waals surface area contributed by atoms with Gasteiger partial charge < -0.3 is 4.74 Å². The molecule has 2 rings (SSSR count). The van der Waals surface area contributed by atoms with Crippen molar-refractivity contribution in [2.75, 3.05) is 0 Å². The average molecular weight is 148 g/mol. The van der Waals surface area contributed by atoms with Gasteiger partial charge in [-0.1, -0.05) is 0 Å². The molecular weight excluding hydrogens is 140 g/mol. The Morgan fingerprint density at radius 1 is 1.45 bits per heavy atom. The third-order valence-electron chi connectivity index (χ3n) is 2.02. The van der Waals surface area contributed by atoms with Gasteiger partial charge in [0.05, 0.1) is 12.5 Å². The molecule has 0 aromatic rings. The van der Waals surface area contributed by atoms with Crippen LogP contribution < -0.4 is 0 Å². The molecule has 0 saturated carbocycles. The highest BCUT2D eigenvalue weighted by Gasteiger charge is 2.18. The predicted molar refractivity (Wildman–Crippen MR) is 40.6 cm³/mol. The topological polar surface area (TPSA) is 26.3 Å². The Balaban J connectivity index is 2.45. The molecule has 0 bridgehead atoms. The standard InChI is InChI=1S/C9H8O2/c10-5-7-1-2-8-6-11-4-3-9(7)8/h3-6H,1-2H2. The second-order valence-corrected chi connectivity index (χ2v) is 2.64.